The molecule has 2 atom stereocenters. The van der Waals surface area contributed by atoms with E-state index in [1.807, 2.05) is 43.3 Å². The number of nitrogens with one attached hydrogen (secondary N) is 1. The standard InChI is InChI=1S/C27H26N6O3/c1-3-36-21-11-22(26-20(12-28)14-30-33(26)15-21)19-9-10-25(29-13-19)32-16-23(24(17-32)35-2)31-27(34)18-7-5-4-6-8-18/h4-11,13-15,23-24H,3,16-17H2,1-2H3,(H,31,34)/t23?,24-/m1/s1. The summed E-state index contributed by atoms with van der Waals surface area (Å²) in [6, 6.07) is 17.0. The summed E-state index contributed by atoms with van der Waals surface area (Å²) in [6.07, 6.45) is 4.94. The number of benzene rings is 1. The Balaban J connectivity index is 1.38. The molecule has 0 saturated carbocycles. The predicted molar refractivity (Wildman–Crippen MR) is 135 cm³/mol. The van der Waals surface area contributed by atoms with Crippen LogP contribution in [0.15, 0.2) is 67.1 Å². The van der Waals surface area contributed by atoms with Gasteiger partial charge in [-0.05, 0) is 37.3 Å². The van der Waals surface area contributed by atoms with Crippen molar-refractivity contribution in [1.82, 2.24) is 19.9 Å². The largest absolute Gasteiger partial charge is 0.492 e. The van der Waals surface area contributed by atoms with Crippen molar-refractivity contribution in [3.63, 3.8) is 0 Å². The molecule has 4 heterocycles. The van der Waals surface area contributed by atoms with Crippen LogP contribution in [0.25, 0.3) is 16.6 Å². The number of hydrogen-bond donors (Lipinski definition) is 1. The molecule has 0 radical (unpaired) electrons. The van der Waals surface area contributed by atoms with E-state index in [1.165, 1.54) is 0 Å². The molecule has 1 aromatic carbocycles. The van der Waals surface area contributed by atoms with E-state index < -0.39 is 0 Å². The number of anilines is 1. The number of nitriles is 1. The molecule has 9 heteroatoms. The maximum atomic E-state index is 12.7. The maximum absolute atomic E-state index is 12.7. The molecule has 0 aliphatic carbocycles. The lowest BCUT2D eigenvalue weighted by Crippen LogP contribution is -2.43. The molecule has 3 aromatic heterocycles. The van der Waals surface area contributed by atoms with Gasteiger partial charge in [0.05, 0.1) is 42.2 Å². The fourth-order valence-electron chi connectivity index (χ4n) is 4.56. The zero-order valence-corrected chi connectivity index (χ0v) is 20.1. The molecule has 182 valence electrons. The first-order valence-corrected chi connectivity index (χ1v) is 11.8. The smallest absolute Gasteiger partial charge is 0.251 e. The molecule has 1 saturated heterocycles. The average molecular weight is 483 g/mol. The molecule has 1 N–H and O–H groups in total. The van der Waals surface area contributed by atoms with Crippen LogP contribution in [0.4, 0.5) is 5.82 Å². The molecule has 9 nitrogen and oxygen atoms in total. The first-order valence-electron chi connectivity index (χ1n) is 11.8. The molecular formula is C27H26N6O3. The van der Waals surface area contributed by atoms with E-state index in [4.69, 9.17) is 14.5 Å². The Kier molecular flexibility index (Phi) is 6.52. The highest BCUT2D eigenvalue weighted by Gasteiger charge is 2.34. The van der Waals surface area contributed by atoms with E-state index in [0.29, 0.717) is 42.1 Å². The molecule has 36 heavy (non-hydrogen) atoms. The van der Waals surface area contributed by atoms with Crippen molar-refractivity contribution >= 4 is 17.2 Å². The highest BCUT2D eigenvalue weighted by atomic mass is 16.5. The van der Waals surface area contributed by atoms with Gasteiger partial charge in [0.25, 0.3) is 5.91 Å². The summed E-state index contributed by atoms with van der Waals surface area (Å²) in [5.41, 5.74) is 3.47. The quantitative estimate of drug-likeness (QED) is 0.431. The highest BCUT2D eigenvalue weighted by Crippen LogP contribution is 2.32. The van der Waals surface area contributed by atoms with Gasteiger partial charge in [-0.25, -0.2) is 9.50 Å². The fourth-order valence-corrected chi connectivity index (χ4v) is 4.56. The number of nitrogens with zero attached hydrogens (tertiary/aromatic N) is 5. The van der Waals surface area contributed by atoms with Crippen molar-refractivity contribution < 1.29 is 14.3 Å². The fraction of sp³-hybridized carbons (Fsp3) is 0.259. The number of amides is 1. The summed E-state index contributed by atoms with van der Waals surface area (Å²) in [5, 5.41) is 17.0. The lowest BCUT2D eigenvalue weighted by molar-refractivity contribution is 0.0782. The highest BCUT2D eigenvalue weighted by molar-refractivity contribution is 5.94. The number of hydrogen-bond acceptors (Lipinski definition) is 7. The number of fused-ring (bicyclic) bond motifs is 1. The zero-order chi connectivity index (χ0) is 25.1. The summed E-state index contributed by atoms with van der Waals surface area (Å²) in [7, 11) is 1.65. The number of aromatic nitrogens is 3. The summed E-state index contributed by atoms with van der Waals surface area (Å²) in [5.74, 6) is 1.32. The first-order chi connectivity index (χ1) is 17.6. The molecule has 1 aliphatic heterocycles. The minimum absolute atomic E-state index is 0.125. The third kappa shape index (κ3) is 4.46. The van der Waals surface area contributed by atoms with E-state index in [2.05, 4.69) is 21.4 Å². The number of pyridine rings is 2. The van der Waals surface area contributed by atoms with Gasteiger partial charge >= 0.3 is 0 Å². The third-order valence-electron chi connectivity index (χ3n) is 6.32. The molecule has 0 bridgehead atoms. The van der Waals surface area contributed by atoms with Gasteiger partial charge in [0.1, 0.15) is 17.6 Å². The number of rotatable bonds is 7. The van der Waals surface area contributed by atoms with E-state index in [9.17, 15) is 10.1 Å². The number of ether oxygens (including phenoxy) is 2. The monoisotopic (exact) mass is 482 g/mol. The van der Waals surface area contributed by atoms with E-state index >= 15 is 0 Å². The summed E-state index contributed by atoms with van der Waals surface area (Å²) >= 11 is 0. The van der Waals surface area contributed by atoms with E-state index in [-0.39, 0.29) is 18.1 Å². The number of carbonyl (C=O) groups is 1. The second-order valence-electron chi connectivity index (χ2n) is 8.52. The second-order valence-corrected chi connectivity index (χ2v) is 8.52. The van der Waals surface area contributed by atoms with Crippen LogP contribution >= 0.6 is 0 Å². The lowest BCUT2D eigenvalue weighted by atomic mass is 10.1. The Hall–Kier alpha value is -4.42. The molecule has 1 unspecified atom stereocenters. The van der Waals surface area contributed by atoms with Crippen molar-refractivity contribution in [1.29, 1.82) is 5.26 Å². The summed E-state index contributed by atoms with van der Waals surface area (Å²) in [4.78, 5) is 19.5. The Labute approximate surface area is 208 Å². The normalized spacial score (nSPS) is 17.2. The minimum atomic E-state index is -0.170. The van der Waals surface area contributed by atoms with Crippen molar-refractivity contribution in [3.8, 4) is 22.9 Å². The van der Waals surface area contributed by atoms with E-state index in [0.717, 1.165) is 16.9 Å². The van der Waals surface area contributed by atoms with Crippen LogP contribution in [-0.2, 0) is 4.74 Å². The Morgan fingerprint density at radius 3 is 2.72 bits per heavy atom. The van der Waals surface area contributed by atoms with Gasteiger partial charge in [-0.15, -0.1) is 0 Å². The summed E-state index contributed by atoms with van der Waals surface area (Å²) < 4.78 is 13.0. The number of methoxy groups -OCH3 is 1. The Morgan fingerprint density at radius 1 is 1.19 bits per heavy atom. The predicted octanol–water partition coefficient (Wildman–Crippen LogP) is 3.30. The van der Waals surface area contributed by atoms with Crippen molar-refractivity contribution in [2.75, 3.05) is 31.7 Å². The zero-order valence-electron chi connectivity index (χ0n) is 20.1. The molecule has 1 fully saturated rings. The molecule has 1 aliphatic rings. The third-order valence-corrected chi connectivity index (χ3v) is 6.32. The van der Waals surface area contributed by atoms with Crippen molar-refractivity contribution in [3.05, 3.63) is 78.2 Å². The van der Waals surface area contributed by atoms with Crippen LogP contribution in [0, 0.1) is 11.3 Å². The topological polar surface area (TPSA) is 105 Å². The van der Waals surface area contributed by atoms with Gasteiger partial charge in [-0.1, -0.05) is 18.2 Å². The van der Waals surface area contributed by atoms with Crippen LogP contribution in [0.5, 0.6) is 5.75 Å². The molecule has 1 amide bonds. The van der Waals surface area contributed by atoms with Gasteiger partial charge in [0, 0.05) is 43.1 Å². The van der Waals surface area contributed by atoms with Gasteiger partial charge in [0.15, 0.2) is 0 Å². The van der Waals surface area contributed by atoms with Gasteiger partial charge in [-0.3, -0.25) is 4.79 Å². The Bertz CT molecular complexity index is 1410. The average Bonchev–Trinajstić information content (AvgIpc) is 3.53. The van der Waals surface area contributed by atoms with Gasteiger partial charge < -0.3 is 19.7 Å². The summed E-state index contributed by atoms with van der Waals surface area (Å²) in [6.45, 7) is 3.62. The second kappa shape index (κ2) is 10.1. The minimum Gasteiger partial charge on any atom is -0.492 e. The molecule has 4 aromatic rings. The van der Waals surface area contributed by atoms with Crippen LogP contribution in [0.3, 0.4) is 0 Å². The van der Waals surface area contributed by atoms with Crippen LogP contribution < -0.4 is 15.0 Å². The molecule has 5 rings (SSSR count). The first kappa shape index (κ1) is 23.3. The Morgan fingerprint density at radius 2 is 2.03 bits per heavy atom. The van der Waals surface area contributed by atoms with Crippen LogP contribution in [0.2, 0.25) is 0 Å². The maximum Gasteiger partial charge on any atom is 0.251 e. The van der Waals surface area contributed by atoms with E-state index in [1.54, 1.807) is 42.3 Å². The van der Waals surface area contributed by atoms with Crippen molar-refractivity contribution in [2.45, 2.75) is 19.1 Å². The van der Waals surface area contributed by atoms with Gasteiger partial charge in [0.2, 0.25) is 0 Å². The molecular weight excluding hydrogens is 456 g/mol. The lowest BCUT2D eigenvalue weighted by Gasteiger charge is -2.18. The number of carbonyl (C=O) groups excluding carboxylic acids is 1. The van der Waals surface area contributed by atoms with Gasteiger partial charge in [-0.2, -0.15) is 10.4 Å². The van der Waals surface area contributed by atoms with Crippen LogP contribution in [-0.4, -0.2) is 59.5 Å². The molecule has 0 spiro atoms. The van der Waals surface area contributed by atoms with Crippen molar-refractivity contribution in [2.24, 2.45) is 0 Å². The SMILES string of the molecule is CCOc1cc(-c2ccc(N3CC(NC(=O)c4ccccc4)[C@H](OC)C3)nc2)c2c(C#N)cnn2c1. The van der Waals surface area contributed by atoms with Crippen LogP contribution in [0.1, 0.15) is 22.8 Å².